The molecular formula is C42H41N9O4. The number of benzene rings is 3. The van der Waals surface area contributed by atoms with E-state index >= 15 is 0 Å². The number of likely N-dealkylation sites (tertiary alicyclic amines) is 2. The van der Waals surface area contributed by atoms with Crippen molar-refractivity contribution in [2.75, 3.05) is 20.2 Å². The minimum absolute atomic E-state index is 0.0865. The van der Waals surface area contributed by atoms with Crippen LogP contribution in [0.1, 0.15) is 66.6 Å². The average Bonchev–Trinajstić information content (AvgIpc) is 4.08. The number of carbonyl (C=O) groups is 3. The molecule has 55 heavy (non-hydrogen) atoms. The van der Waals surface area contributed by atoms with Crippen LogP contribution in [0.2, 0.25) is 0 Å². The zero-order valence-electron chi connectivity index (χ0n) is 30.4. The van der Waals surface area contributed by atoms with Crippen LogP contribution in [0.15, 0.2) is 110 Å². The number of carbonyl (C=O) groups excluding carboxylic acids is 3. The van der Waals surface area contributed by atoms with Crippen molar-refractivity contribution in [2.45, 2.75) is 50.2 Å². The number of H-pyrrole nitrogens is 2. The second-order valence-electron chi connectivity index (χ2n) is 13.8. The molecule has 5 heterocycles. The number of hydrogen-bond donors (Lipinski definition) is 3. The summed E-state index contributed by atoms with van der Waals surface area (Å²) in [5.41, 5.74) is 5.90. The van der Waals surface area contributed by atoms with Gasteiger partial charge in [0, 0.05) is 36.6 Å². The molecule has 3 N–H and O–H groups in total. The summed E-state index contributed by atoms with van der Waals surface area (Å²) in [4.78, 5) is 68.4. The number of ether oxygens (including phenoxy) is 1. The fourth-order valence-electron chi connectivity index (χ4n) is 7.53. The van der Waals surface area contributed by atoms with Crippen molar-refractivity contribution in [1.82, 2.24) is 45.0 Å². The Labute approximate surface area is 318 Å². The van der Waals surface area contributed by atoms with Crippen molar-refractivity contribution in [3.63, 3.8) is 0 Å². The summed E-state index contributed by atoms with van der Waals surface area (Å²) < 4.78 is 4.82. The number of amides is 3. The topological polar surface area (TPSA) is 162 Å². The lowest BCUT2D eigenvalue weighted by atomic mass is 10.1. The molecule has 0 radical (unpaired) electrons. The summed E-state index contributed by atoms with van der Waals surface area (Å²) in [5.74, 6) is 1.94. The minimum Gasteiger partial charge on any atom is -0.453 e. The molecule has 0 saturated carbocycles. The maximum Gasteiger partial charge on any atom is 0.407 e. The molecule has 2 saturated heterocycles. The Bertz CT molecular complexity index is 2260. The SMILES string of the molecule is COC(=O)N[C@@H](C(=O)N1CCC[C@H]1c1ncc(-c2ccc(-c3ncc(-c4cnc([C@@H]5CCCN5C(=O)Cc5ccccc5)[nH]4)cn3)cc2)[nH]1)c1ccccc1. The van der Waals surface area contributed by atoms with E-state index < -0.39 is 12.1 Å². The number of alkyl carbamates (subject to hydrolysis) is 1. The van der Waals surface area contributed by atoms with E-state index in [4.69, 9.17) is 4.74 Å². The van der Waals surface area contributed by atoms with Gasteiger partial charge < -0.3 is 29.8 Å². The fourth-order valence-corrected chi connectivity index (χ4v) is 7.53. The third kappa shape index (κ3) is 7.59. The van der Waals surface area contributed by atoms with Crippen molar-refractivity contribution in [3.8, 4) is 33.9 Å². The minimum atomic E-state index is -0.880. The Morgan fingerprint density at radius 3 is 1.91 bits per heavy atom. The number of methoxy groups -OCH3 is 1. The molecule has 3 atom stereocenters. The summed E-state index contributed by atoms with van der Waals surface area (Å²) >= 11 is 0. The predicted molar refractivity (Wildman–Crippen MR) is 205 cm³/mol. The van der Waals surface area contributed by atoms with Crippen LogP contribution >= 0.6 is 0 Å². The van der Waals surface area contributed by atoms with Crippen LogP contribution in [0.5, 0.6) is 0 Å². The molecule has 13 heteroatoms. The van der Waals surface area contributed by atoms with Gasteiger partial charge in [0.2, 0.25) is 5.91 Å². The molecule has 3 amide bonds. The third-order valence-electron chi connectivity index (χ3n) is 10.4. The van der Waals surface area contributed by atoms with Crippen molar-refractivity contribution in [1.29, 1.82) is 0 Å². The third-order valence-corrected chi connectivity index (χ3v) is 10.4. The first-order valence-corrected chi connectivity index (χ1v) is 18.5. The van der Waals surface area contributed by atoms with Crippen LogP contribution in [0.3, 0.4) is 0 Å². The smallest absolute Gasteiger partial charge is 0.407 e. The average molecular weight is 736 g/mol. The highest BCUT2D eigenvalue weighted by Crippen LogP contribution is 2.35. The Morgan fingerprint density at radius 2 is 1.27 bits per heavy atom. The molecular weight excluding hydrogens is 695 g/mol. The molecule has 0 spiro atoms. The van der Waals surface area contributed by atoms with E-state index in [9.17, 15) is 14.4 Å². The first-order valence-electron chi connectivity index (χ1n) is 18.5. The van der Waals surface area contributed by atoms with Gasteiger partial charge >= 0.3 is 6.09 Å². The van der Waals surface area contributed by atoms with E-state index in [1.807, 2.05) is 89.8 Å². The fraction of sp³-hybridized carbons (Fsp3) is 0.262. The summed E-state index contributed by atoms with van der Waals surface area (Å²) in [5, 5.41) is 2.71. The van der Waals surface area contributed by atoms with Gasteiger partial charge in [-0.3, -0.25) is 9.59 Å². The van der Waals surface area contributed by atoms with Crippen LogP contribution in [-0.2, 0) is 20.7 Å². The van der Waals surface area contributed by atoms with E-state index in [2.05, 4.69) is 35.2 Å². The number of imidazole rings is 2. The van der Waals surface area contributed by atoms with E-state index in [1.165, 1.54) is 7.11 Å². The second-order valence-corrected chi connectivity index (χ2v) is 13.8. The van der Waals surface area contributed by atoms with Crippen molar-refractivity contribution in [2.24, 2.45) is 0 Å². The van der Waals surface area contributed by atoms with Crippen LogP contribution in [-0.4, -0.2) is 77.8 Å². The highest BCUT2D eigenvalue weighted by molar-refractivity contribution is 5.87. The Kier molecular flexibility index (Phi) is 10.1. The van der Waals surface area contributed by atoms with Gasteiger partial charge in [0.1, 0.15) is 17.7 Å². The first kappa shape index (κ1) is 35.4. The summed E-state index contributed by atoms with van der Waals surface area (Å²) in [7, 11) is 1.28. The van der Waals surface area contributed by atoms with Crippen molar-refractivity contribution < 1.29 is 19.1 Å². The van der Waals surface area contributed by atoms with Gasteiger partial charge in [0.05, 0.1) is 49.4 Å². The highest BCUT2D eigenvalue weighted by Gasteiger charge is 2.37. The second kappa shape index (κ2) is 15.8. The molecule has 6 aromatic rings. The molecule has 0 unspecified atom stereocenters. The normalized spacial score (nSPS) is 17.3. The molecule has 278 valence electrons. The Balaban J connectivity index is 0.921. The molecule has 13 nitrogen and oxygen atoms in total. The standard InChI is InChI=1S/C42H41N9O4/c1-55-42(54)49-37(29-12-6-3-7-13-29)41(53)51-21-9-15-35(51)40-45-25-32(47-40)28-16-18-30(19-17-28)38-43-23-31(24-44-38)33-26-46-39(48-33)34-14-8-20-50(34)36(52)22-27-10-4-2-5-11-27/h2-7,10-13,16-19,23-26,34-35,37H,8-9,14-15,20-22H2,1H3,(H,45,47)(H,46,48)(H,49,54)/t34-,35-,37+/m0/s1. The monoisotopic (exact) mass is 735 g/mol. The Hall–Kier alpha value is -6.63. The number of hydrogen-bond acceptors (Lipinski definition) is 8. The van der Waals surface area contributed by atoms with Gasteiger partial charge in [-0.15, -0.1) is 0 Å². The number of nitrogens with zero attached hydrogens (tertiary/aromatic N) is 6. The van der Waals surface area contributed by atoms with E-state index in [0.29, 0.717) is 30.2 Å². The Morgan fingerprint density at radius 1 is 0.709 bits per heavy atom. The van der Waals surface area contributed by atoms with Crippen LogP contribution in [0.4, 0.5) is 4.79 Å². The lowest BCUT2D eigenvalue weighted by Crippen LogP contribution is -2.42. The van der Waals surface area contributed by atoms with Gasteiger partial charge in [-0.2, -0.15) is 0 Å². The number of nitrogens with one attached hydrogen (secondary N) is 3. The lowest BCUT2D eigenvalue weighted by molar-refractivity contribution is -0.134. The quantitative estimate of drug-likeness (QED) is 0.142. The van der Waals surface area contributed by atoms with Gasteiger partial charge in [-0.05, 0) is 42.4 Å². The predicted octanol–water partition coefficient (Wildman–Crippen LogP) is 6.59. The van der Waals surface area contributed by atoms with Crippen LogP contribution < -0.4 is 5.32 Å². The van der Waals surface area contributed by atoms with Crippen LogP contribution in [0.25, 0.3) is 33.9 Å². The molecule has 3 aromatic carbocycles. The van der Waals surface area contributed by atoms with Gasteiger partial charge in [0.15, 0.2) is 5.82 Å². The van der Waals surface area contributed by atoms with Crippen molar-refractivity contribution >= 4 is 17.9 Å². The maximum absolute atomic E-state index is 13.9. The van der Waals surface area contributed by atoms with Crippen LogP contribution in [0, 0.1) is 0 Å². The van der Waals surface area contributed by atoms with E-state index in [-0.39, 0.29) is 23.9 Å². The highest BCUT2D eigenvalue weighted by atomic mass is 16.5. The van der Waals surface area contributed by atoms with E-state index in [0.717, 1.165) is 71.7 Å². The number of aromatic amines is 2. The summed E-state index contributed by atoms with van der Waals surface area (Å²) in [6.07, 6.45) is 10.2. The van der Waals surface area contributed by atoms with Crippen molar-refractivity contribution in [3.05, 3.63) is 132 Å². The number of rotatable bonds is 10. The molecule has 2 aliphatic rings. The number of aromatic nitrogens is 6. The summed E-state index contributed by atoms with van der Waals surface area (Å²) in [6.45, 7) is 1.27. The lowest BCUT2D eigenvalue weighted by Gasteiger charge is -2.28. The molecule has 3 aromatic heterocycles. The zero-order chi connectivity index (χ0) is 37.7. The van der Waals surface area contributed by atoms with Gasteiger partial charge in [0.25, 0.3) is 5.91 Å². The maximum atomic E-state index is 13.9. The van der Waals surface area contributed by atoms with Gasteiger partial charge in [-0.1, -0.05) is 84.9 Å². The largest absolute Gasteiger partial charge is 0.453 e. The van der Waals surface area contributed by atoms with E-state index in [1.54, 1.807) is 29.7 Å². The molecule has 2 aliphatic heterocycles. The molecule has 0 aliphatic carbocycles. The molecule has 8 rings (SSSR count). The zero-order valence-corrected chi connectivity index (χ0v) is 30.4. The molecule has 2 fully saturated rings. The van der Waals surface area contributed by atoms with Gasteiger partial charge in [-0.25, -0.2) is 24.7 Å². The molecule has 0 bridgehead atoms. The first-order chi connectivity index (χ1) is 26.9. The summed E-state index contributed by atoms with van der Waals surface area (Å²) in [6, 6.07) is 25.7.